The molecule has 37 heavy (non-hydrogen) atoms. The molecular formula is C32H41N3O2. The van der Waals surface area contributed by atoms with Crippen molar-refractivity contribution in [2.24, 2.45) is 0 Å². The maximum atomic E-state index is 13.3. The maximum Gasteiger partial charge on any atom is 0.340 e. The third kappa shape index (κ3) is 4.56. The van der Waals surface area contributed by atoms with Crippen molar-refractivity contribution in [2.75, 3.05) is 54.0 Å². The summed E-state index contributed by atoms with van der Waals surface area (Å²) < 4.78 is 6.48. The summed E-state index contributed by atoms with van der Waals surface area (Å²) in [7, 11) is 0. The number of cyclic esters (lactones) is 1. The van der Waals surface area contributed by atoms with Gasteiger partial charge in [-0.2, -0.15) is 0 Å². The number of rotatable bonds is 11. The van der Waals surface area contributed by atoms with E-state index in [2.05, 4.69) is 98.7 Å². The van der Waals surface area contributed by atoms with E-state index in [0.717, 1.165) is 61.6 Å². The Morgan fingerprint density at radius 2 is 1.16 bits per heavy atom. The first-order valence-electron chi connectivity index (χ1n) is 13.8. The van der Waals surface area contributed by atoms with Gasteiger partial charge in [0.1, 0.15) is 0 Å². The van der Waals surface area contributed by atoms with E-state index >= 15 is 0 Å². The summed E-state index contributed by atoms with van der Waals surface area (Å²) in [5, 5.41) is 0. The highest BCUT2D eigenvalue weighted by Gasteiger charge is 2.50. The molecule has 0 radical (unpaired) electrons. The zero-order chi connectivity index (χ0) is 26.6. The number of anilines is 3. The van der Waals surface area contributed by atoms with Crippen molar-refractivity contribution >= 4 is 23.0 Å². The Morgan fingerprint density at radius 1 is 0.622 bits per heavy atom. The highest BCUT2D eigenvalue weighted by atomic mass is 16.6. The Bertz CT molecular complexity index is 1210. The summed E-state index contributed by atoms with van der Waals surface area (Å²) in [6.45, 7) is 18.5. The molecule has 0 saturated carbocycles. The van der Waals surface area contributed by atoms with Crippen molar-refractivity contribution < 1.29 is 9.53 Å². The SMILES string of the molecule is CCN(CC)c1ccc(C2(c3ccc(N(CC)CC)cc3N(CC)CC)OC(=O)c3ccccc32)cc1. The molecule has 0 aliphatic carbocycles. The van der Waals surface area contributed by atoms with Crippen molar-refractivity contribution in [3.05, 3.63) is 89.0 Å². The standard InChI is InChI=1S/C32H41N3O2/c1-7-33(8-2)25-19-17-24(18-20-25)32(28-16-14-13-15-27(28)31(36)37-32)29-22-21-26(34(9-3)10-4)23-30(29)35(11-5)12-6/h13-23H,7-12H2,1-6H3. The summed E-state index contributed by atoms with van der Waals surface area (Å²) in [6, 6.07) is 23.0. The Hall–Kier alpha value is -3.47. The van der Waals surface area contributed by atoms with Crippen molar-refractivity contribution in [2.45, 2.75) is 47.1 Å². The molecule has 3 aromatic carbocycles. The molecular weight excluding hydrogens is 458 g/mol. The van der Waals surface area contributed by atoms with E-state index in [4.69, 9.17) is 4.74 Å². The molecule has 1 aliphatic rings. The van der Waals surface area contributed by atoms with E-state index < -0.39 is 5.60 Å². The van der Waals surface area contributed by atoms with Crippen LogP contribution in [0.2, 0.25) is 0 Å². The molecule has 0 N–H and O–H groups in total. The summed E-state index contributed by atoms with van der Waals surface area (Å²) in [5.74, 6) is -0.276. The summed E-state index contributed by atoms with van der Waals surface area (Å²) in [5.41, 5.74) is 5.93. The number of hydrogen-bond acceptors (Lipinski definition) is 5. The van der Waals surface area contributed by atoms with E-state index in [1.54, 1.807) is 0 Å². The summed E-state index contributed by atoms with van der Waals surface area (Å²) >= 11 is 0. The summed E-state index contributed by atoms with van der Waals surface area (Å²) in [4.78, 5) is 20.4. The van der Waals surface area contributed by atoms with Gasteiger partial charge in [-0.05, 0) is 71.9 Å². The van der Waals surface area contributed by atoms with E-state index in [-0.39, 0.29) is 5.97 Å². The quantitative estimate of drug-likeness (QED) is 0.275. The predicted octanol–water partition coefficient (Wildman–Crippen LogP) is 6.69. The van der Waals surface area contributed by atoms with Gasteiger partial charge >= 0.3 is 5.97 Å². The molecule has 0 bridgehead atoms. The number of esters is 1. The minimum absolute atomic E-state index is 0.276. The first kappa shape index (κ1) is 26.6. The number of hydrogen-bond donors (Lipinski definition) is 0. The van der Waals surface area contributed by atoms with Gasteiger partial charge in [0.15, 0.2) is 5.60 Å². The fourth-order valence-electron chi connectivity index (χ4n) is 5.71. The second kappa shape index (κ2) is 11.3. The van der Waals surface area contributed by atoms with Gasteiger partial charge in [0.25, 0.3) is 0 Å². The fourth-order valence-corrected chi connectivity index (χ4v) is 5.71. The lowest BCUT2D eigenvalue weighted by atomic mass is 9.78. The van der Waals surface area contributed by atoms with Crippen LogP contribution in [0.4, 0.5) is 17.1 Å². The van der Waals surface area contributed by atoms with Gasteiger partial charge in [-0.15, -0.1) is 0 Å². The molecule has 196 valence electrons. The first-order valence-corrected chi connectivity index (χ1v) is 13.8. The highest BCUT2D eigenvalue weighted by molar-refractivity contribution is 5.97. The lowest BCUT2D eigenvalue weighted by Gasteiger charge is -2.36. The van der Waals surface area contributed by atoms with Crippen molar-refractivity contribution in [3.63, 3.8) is 0 Å². The molecule has 1 unspecified atom stereocenters. The number of carbonyl (C=O) groups excluding carboxylic acids is 1. The molecule has 0 spiro atoms. The molecule has 1 aliphatic heterocycles. The van der Waals surface area contributed by atoms with Gasteiger partial charge in [-0.3, -0.25) is 0 Å². The van der Waals surface area contributed by atoms with Crippen LogP contribution in [-0.4, -0.2) is 45.2 Å². The normalized spacial score (nSPS) is 16.3. The molecule has 4 rings (SSSR count). The maximum absolute atomic E-state index is 13.3. The largest absolute Gasteiger partial charge is 0.440 e. The van der Waals surface area contributed by atoms with Gasteiger partial charge in [0.2, 0.25) is 0 Å². The van der Waals surface area contributed by atoms with Crippen molar-refractivity contribution in [1.29, 1.82) is 0 Å². The average molecular weight is 500 g/mol. The van der Waals surface area contributed by atoms with Crippen LogP contribution in [0, 0.1) is 0 Å². The van der Waals surface area contributed by atoms with Crippen LogP contribution in [0.3, 0.4) is 0 Å². The van der Waals surface area contributed by atoms with Crippen molar-refractivity contribution in [1.82, 2.24) is 0 Å². The first-order chi connectivity index (χ1) is 18.0. The number of fused-ring (bicyclic) bond motifs is 1. The summed E-state index contributed by atoms with van der Waals surface area (Å²) in [6.07, 6.45) is 0. The van der Waals surface area contributed by atoms with Crippen LogP contribution in [0.15, 0.2) is 66.7 Å². The number of nitrogens with zero attached hydrogens (tertiary/aromatic N) is 3. The van der Waals surface area contributed by atoms with Crippen LogP contribution in [0.25, 0.3) is 0 Å². The van der Waals surface area contributed by atoms with E-state index in [9.17, 15) is 4.79 Å². The van der Waals surface area contributed by atoms with E-state index in [1.807, 2.05) is 24.3 Å². The Morgan fingerprint density at radius 3 is 1.76 bits per heavy atom. The number of ether oxygens (including phenoxy) is 1. The molecule has 5 nitrogen and oxygen atoms in total. The van der Waals surface area contributed by atoms with E-state index in [1.165, 1.54) is 11.4 Å². The van der Waals surface area contributed by atoms with Gasteiger partial charge in [0, 0.05) is 73.0 Å². The van der Waals surface area contributed by atoms with Crippen LogP contribution in [0.1, 0.15) is 68.6 Å². The van der Waals surface area contributed by atoms with Crippen LogP contribution >= 0.6 is 0 Å². The number of carbonyl (C=O) groups is 1. The second-order valence-corrected chi connectivity index (χ2v) is 9.38. The smallest absolute Gasteiger partial charge is 0.340 e. The molecule has 3 aromatic rings. The molecule has 0 aromatic heterocycles. The Kier molecular flexibility index (Phi) is 8.11. The number of benzene rings is 3. The minimum Gasteiger partial charge on any atom is -0.440 e. The molecule has 5 heteroatoms. The van der Waals surface area contributed by atoms with Crippen molar-refractivity contribution in [3.8, 4) is 0 Å². The zero-order valence-corrected chi connectivity index (χ0v) is 23.3. The van der Waals surface area contributed by atoms with Gasteiger partial charge < -0.3 is 19.4 Å². The topological polar surface area (TPSA) is 36.0 Å². The molecule has 0 amide bonds. The lowest BCUT2D eigenvalue weighted by Crippen LogP contribution is -2.34. The average Bonchev–Trinajstić information content (AvgIpc) is 3.24. The monoisotopic (exact) mass is 499 g/mol. The highest BCUT2D eigenvalue weighted by Crippen LogP contribution is 2.50. The zero-order valence-electron chi connectivity index (χ0n) is 23.3. The second-order valence-electron chi connectivity index (χ2n) is 9.38. The third-order valence-corrected chi connectivity index (χ3v) is 7.77. The van der Waals surface area contributed by atoms with Gasteiger partial charge in [0.05, 0.1) is 5.56 Å². The third-order valence-electron chi connectivity index (χ3n) is 7.77. The van der Waals surface area contributed by atoms with E-state index in [0.29, 0.717) is 5.56 Å². The van der Waals surface area contributed by atoms with Gasteiger partial charge in [-0.25, -0.2) is 4.79 Å². The molecule has 1 heterocycles. The lowest BCUT2D eigenvalue weighted by molar-refractivity contribution is 0.0253. The molecule has 0 saturated heterocycles. The minimum atomic E-state index is -1.02. The Labute approximate surface area is 222 Å². The predicted molar refractivity (Wildman–Crippen MR) is 155 cm³/mol. The fraction of sp³-hybridized carbons (Fsp3) is 0.406. The Balaban J connectivity index is 2.01. The van der Waals surface area contributed by atoms with Crippen LogP contribution < -0.4 is 14.7 Å². The van der Waals surface area contributed by atoms with Gasteiger partial charge in [-0.1, -0.05) is 36.4 Å². The van der Waals surface area contributed by atoms with Crippen LogP contribution in [-0.2, 0) is 10.3 Å². The van der Waals surface area contributed by atoms with Crippen LogP contribution in [0.5, 0.6) is 0 Å². The molecule has 1 atom stereocenters. The molecule has 0 fully saturated rings.